The summed E-state index contributed by atoms with van der Waals surface area (Å²) in [4.78, 5) is 0. The second kappa shape index (κ2) is 7.34. The molecule has 1 nitrogen and oxygen atoms in total. The van der Waals surface area contributed by atoms with Crippen LogP contribution in [0.2, 0.25) is 0 Å². The van der Waals surface area contributed by atoms with Gasteiger partial charge in [-0.15, -0.1) is 17.5 Å². The van der Waals surface area contributed by atoms with Crippen LogP contribution in [-0.4, -0.2) is 12.5 Å². The molecule has 0 N–H and O–H groups in total. The van der Waals surface area contributed by atoms with E-state index in [-0.39, 0.29) is 6.10 Å². The molecule has 0 aliphatic carbocycles. The third-order valence-corrected chi connectivity index (χ3v) is 2.21. The van der Waals surface area contributed by atoms with Gasteiger partial charge in [0.25, 0.3) is 0 Å². The molecular formula is C13H15ClO. The van der Waals surface area contributed by atoms with E-state index in [0.29, 0.717) is 12.5 Å². The number of benzene rings is 1. The highest BCUT2D eigenvalue weighted by Gasteiger charge is 2.06. The van der Waals surface area contributed by atoms with E-state index in [1.807, 2.05) is 37.3 Å². The Hall–Kier alpha value is -0.970. The van der Waals surface area contributed by atoms with Crippen molar-refractivity contribution in [1.82, 2.24) is 0 Å². The van der Waals surface area contributed by atoms with Crippen molar-refractivity contribution in [3.05, 3.63) is 35.9 Å². The molecule has 0 fully saturated rings. The van der Waals surface area contributed by atoms with E-state index in [4.69, 9.17) is 16.3 Å². The highest BCUT2D eigenvalue weighted by atomic mass is 35.5. The summed E-state index contributed by atoms with van der Waals surface area (Å²) in [5.74, 6) is 6.55. The van der Waals surface area contributed by atoms with Gasteiger partial charge in [-0.3, -0.25) is 0 Å². The van der Waals surface area contributed by atoms with Crippen LogP contribution in [0.25, 0.3) is 0 Å². The number of hydrogen-bond acceptors (Lipinski definition) is 1. The average Bonchev–Trinajstić information content (AvgIpc) is 2.29. The van der Waals surface area contributed by atoms with E-state index in [1.165, 1.54) is 0 Å². The molecule has 0 radical (unpaired) electrons. The SMILES string of the molecule is CC#CC(OCCCCl)c1ccccc1. The molecule has 0 saturated carbocycles. The minimum Gasteiger partial charge on any atom is -0.361 e. The van der Waals surface area contributed by atoms with Crippen LogP contribution in [0.4, 0.5) is 0 Å². The molecule has 0 bridgehead atoms. The number of alkyl halides is 1. The van der Waals surface area contributed by atoms with E-state index < -0.39 is 0 Å². The third-order valence-electron chi connectivity index (χ3n) is 1.94. The Kier molecular flexibility index (Phi) is 5.92. The fourth-order valence-corrected chi connectivity index (χ4v) is 1.34. The van der Waals surface area contributed by atoms with E-state index in [9.17, 15) is 0 Å². The highest BCUT2D eigenvalue weighted by Crippen LogP contribution is 2.16. The number of ether oxygens (including phenoxy) is 1. The molecule has 0 aliphatic rings. The van der Waals surface area contributed by atoms with Gasteiger partial charge in [-0.2, -0.15) is 0 Å². The second-order valence-corrected chi connectivity index (χ2v) is 3.48. The monoisotopic (exact) mass is 222 g/mol. The normalized spacial score (nSPS) is 11.6. The van der Waals surface area contributed by atoms with Crippen LogP contribution in [-0.2, 0) is 4.74 Å². The summed E-state index contributed by atoms with van der Waals surface area (Å²) in [7, 11) is 0. The fraction of sp³-hybridized carbons (Fsp3) is 0.385. The Morgan fingerprint density at radius 1 is 1.33 bits per heavy atom. The molecule has 0 saturated heterocycles. The van der Waals surface area contributed by atoms with E-state index in [2.05, 4.69) is 11.8 Å². The lowest BCUT2D eigenvalue weighted by atomic mass is 10.1. The Labute approximate surface area is 96.4 Å². The molecule has 1 rings (SSSR count). The topological polar surface area (TPSA) is 9.23 Å². The van der Waals surface area contributed by atoms with Gasteiger partial charge in [0, 0.05) is 12.5 Å². The Morgan fingerprint density at radius 3 is 2.67 bits per heavy atom. The largest absolute Gasteiger partial charge is 0.361 e. The second-order valence-electron chi connectivity index (χ2n) is 3.10. The van der Waals surface area contributed by atoms with Gasteiger partial charge in [-0.25, -0.2) is 0 Å². The van der Waals surface area contributed by atoms with Gasteiger partial charge in [0.15, 0.2) is 0 Å². The lowest BCUT2D eigenvalue weighted by Crippen LogP contribution is -2.03. The molecule has 1 aromatic rings. The van der Waals surface area contributed by atoms with Crippen molar-refractivity contribution in [2.45, 2.75) is 19.4 Å². The van der Waals surface area contributed by atoms with Gasteiger partial charge in [0.05, 0.1) is 0 Å². The predicted molar refractivity (Wildman–Crippen MR) is 63.9 cm³/mol. The molecule has 80 valence electrons. The molecule has 0 amide bonds. The Morgan fingerprint density at radius 2 is 2.07 bits per heavy atom. The van der Waals surface area contributed by atoms with Gasteiger partial charge >= 0.3 is 0 Å². The van der Waals surface area contributed by atoms with Crippen molar-refractivity contribution >= 4 is 11.6 Å². The van der Waals surface area contributed by atoms with Crippen LogP contribution in [0.1, 0.15) is 25.0 Å². The molecule has 15 heavy (non-hydrogen) atoms. The predicted octanol–water partition coefficient (Wildman–Crippen LogP) is 3.40. The quantitative estimate of drug-likeness (QED) is 0.422. The van der Waals surface area contributed by atoms with Crippen molar-refractivity contribution in [1.29, 1.82) is 0 Å². The first kappa shape index (κ1) is 12.1. The maximum atomic E-state index is 5.65. The average molecular weight is 223 g/mol. The van der Waals surface area contributed by atoms with Crippen LogP contribution in [0.15, 0.2) is 30.3 Å². The first-order valence-corrected chi connectivity index (χ1v) is 5.56. The fourth-order valence-electron chi connectivity index (χ4n) is 1.24. The van der Waals surface area contributed by atoms with Crippen LogP contribution < -0.4 is 0 Å². The minimum absolute atomic E-state index is 0.126. The zero-order chi connectivity index (χ0) is 10.9. The minimum atomic E-state index is -0.126. The summed E-state index contributed by atoms with van der Waals surface area (Å²) in [6.45, 7) is 2.47. The van der Waals surface area contributed by atoms with Crippen molar-refractivity contribution in [2.75, 3.05) is 12.5 Å². The molecule has 0 aromatic heterocycles. The maximum Gasteiger partial charge on any atom is 0.143 e. The third kappa shape index (κ3) is 4.38. The van der Waals surface area contributed by atoms with Crippen LogP contribution >= 0.6 is 11.6 Å². The molecule has 1 unspecified atom stereocenters. The Bertz CT molecular complexity index is 323. The summed E-state index contributed by atoms with van der Waals surface area (Å²) < 4.78 is 5.65. The van der Waals surface area contributed by atoms with Gasteiger partial charge in [-0.1, -0.05) is 36.3 Å². The summed E-state index contributed by atoms with van der Waals surface area (Å²) in [5, 5.41) is 0. The zero-order valence-electron chi connectivity index (χ0n) is 8.87. The van der Waals surface area contributed by atoms with Crippen molar-refractivity contribution in [3.8, 4) is 11.8 Å². The van der Waals surface area contributed by atoms with Gasteiger partial charge < -0.3 is 4.74 Å². The van der Waals surface area contributed by atoms with Gasteiger partial charge in [-0.05, 0) is 18.9 Å². The molecule has 1 aromatic carbocycles. The van der Waals surface area contributed by atoms with E-state index in [1.54, 1.807) is 0 Å². The van der Waals surface area contributed by atoms with Crippen LogP contribution in [0, 0.1) is 11.8 Å². The molecular weight excluding hydrogens is 208 g/mol. The van der Waals surface area contributed by atoms with Crippen molar-refractivity contribution in [3.63, 3.8) is 0 Å². The van der Waals surface area contributed by atoms with Crippen molar-refractivity contribution < 1.29 is 4.74 Å². The summed E-state index contributed by atoms with van der Waals surface area (Å²) >= 11 is 5.59. The summed E-state index contributed by atoms with van der Waals surface area (Å²) in [5.41, 5.74) is 1.10. The van der Waals surface area contributed by atoms with Crippen LogP contribution in [0.3, 0.4) is 0 Å². The number of halogens is 1. The lowest BCUT2D eigenvalue weighted by molar-refractivity contribution is 0.0926. The molecule has 0 aliphatic heterocycles. The number of rotatable bonds is 5. The number of hydrogen-bond donors (Lipinski definition) is 0. The Balaban J connectivity index is 2.61. The molecule has 0 spiro atoms. The van der Waals surface area contributed by atoms with Gasteiger partial charge in [0.2, 0.25) is 0 Å². The van der Waals surface area contributed by atoms with Crippen LogP contribution in [0.5, 0.6) is 0 Å². The highest BCUT2D eigenvalue weighted by molar-refractivity contribution is 6.17. The smallest absolute Gasteiger partial charge is 0.143 e. The first-order chi connectivity index (χ1) is 7.38. The maximum absolute atomic E-state index is 5.65. The van der Waals surface area contributed by atoms with E-state index in [0.717, 1.165) is 12.0 Å². The van der Waals surface area contributed by atoms with Crippen molar-refractivity contribution in [2.24, 2.45) is 0 Å². The molecule has 0 heterocycles. The summed E-state index contributed by atoms with van der Waals surface area (Å²) in [6, 6.07) is 10.0. The lowest BCUT2D eigenvalue weighted by Gasteiger charge is -2.11. The zero-order valence-corrected chi connectivity index (χ0v) is 9.63. The molecule has 2 heteroatoms. The summed E-state index contributed by atoms with van der Waals surface area (Å²) in [6.07, 6.45) is 0.732. The van der Waals surface area contributed by atoms with Gasteiger partial charge in [0.1, 0.15) is 6.10 Å². The standard InChI is InChI=1S/C13H15ClO/c1-2-7-13(15-11-6-10-14)12-8-4-3-5-9-12/h3-5,8-9,13H,6,10-11H2,1H3. The van der Waals surface area contributed by atoms with E-state index >= 15 is 0 Å². The first-order valence-electron chi connectivity index (χ1n) is 5.03. The molecule has 1 atom stereocenters.